The van der Waals surface area contributed by atoms with Crippen molar-refractivity contribution in [3.8, 4) is 0 Å². The van der Waals surface area contributed by atoms with Crippen LogP contribution in [0.4, 0.5) is 22.0 Å². The van der Waals surface area contributed by atoms with Gasteiger partial charge < -0.3 is 0 Å². The van der Waals surface area contributed by atoms with Gasteiger partial charge in [0.2, 0.25) is 6.10 Å². The van der Waals surface area contributed by atoms with Crippen LogP contribution in [0.25, 0.3) is 0 Å². The van der Waals surface area contributed by atoms with Gasteiger partial charge >= 0.3 is 17.5 Å². The van der Waals surface area contributed by atoms with Crippen LogP contribution >= 0.6 is 0 Å². The molecular weight excluding hydrogens is 211 g/mol. The minimum absolute atomic E-state index is 3.03. The molecule has 0 spiro atoms. The smallest absolute Gasteiger partial charge is 0.284 e. The van der Waals surface area contributed by atoms with Gasteiger partial charge in [-0.2, -0.15) is 17.4 Å². The molecule has 0 aliphatic carbocycles. The van der Waals surface area contributed by atoms with Gasteiger partial charge in [0.05, 0.1) is 0 Å². The monoisotopic (exact) mass is 214 g/mol. The third-order valence-corrected chi connectivity index (χ3v) is 1.11. The normalized spacial score (nSPS) is 17.9. The second-order valence-electron chi connectivity index (χ2n) is 1.61. The van der Waals surface area contributed by atoms with E-state index in [4.69, 9.17) is 4.55 Å². The van der Waals surface area contributed by atoms with Crippen LogP contribution < -0.4 is 0 Å². The van der Waals surface area contributed by atoms with E-state index < -0.39 is 30.1 Å². The third kappa shape index (κ3) is 3.93. The molecule has 1 N–H and O–H groups in total. The molecule has 2 unspecified atom stereocenters. The lowest BCUT2D eigenvalue weighted by atomic mass is 10.4. The van der Waals surface area contributed by atoms with E-state index in [1.54, 1.807) is 0 Å². The number of rotatable bonds is 3. The molecule has 0 rings (SSSR count). The topological polar surface area (TPSA) is 46.5 Å². The summed E-state index contributed by atoms with van der Waals surface area (Å²) in [6, 6.07) is 0. The molecule has 0 bridgehead atoms. The van der Waals surface area contributed by atoms with Crippen LogP contribution in [0.1, 0.15) is 0 Å². The quantitative estimate of drug-likeness (QED) is 0.569. The van der Waals surface area contributed by atoms with Crippen molar-refractivity contribution in [1.29, 1.82) is 0 Å². The average Bonchev–Trinajstić information content (AvgIpc) is 1.79. The molecule has 9 heteroatoms. The van der Waals surface area contributed by atoms with Crippen LogP contribution in [-0.4, -0.2) is 27.5 Å². The van der Waals surface area contributed by atoms with Crippen molar-refractivity contribution in [3.05, 3.63) is 0 Å². The first-order valence-electron chi connectivity index (χ1n) is 2.38. The first-order valence-corrected chi connectivity index (χ1v) is 3.41. The second-order valence-corrected chi connectivity index (χ2v) is 2.24. The van der Waals surface area contributed by atoms with Gasteiger partial charge in [0, 0.05) is 0 Å². The summed E-state index contributed by atoms with van der Waals surface area (Å²) in [5.41, 5.74) is 0. The Hall–Kier alpha value is -0.280. The van der Waals surface area contributed by atoms with E-state index in [2.05, 4.69) is 4.18 Å². The zero-order valence-electron chi connectivity index (χ0n) is 5.22. The molecule has 0 heterocycles. The largest absolute Gasteiger partial charge is 0.421 e. The summed E-state index contributed by atoms with van der Waals surface area (Å²) in [5.74, 6) is 0. The molecule has 0 aromatic heterocycles. The highest BCUT2D eigenvalue weighted by atomic mass is 32.2. The first-order chi connectivity index (χ1) is 5.25. The van der Waals surface area contributed by atoms with Crippen molar-refractivity contribution in [1.82, 2.24) is 0 Å². The molecule has 0 radical (unpaired) electrons. The lowest BCUT2D eigenvalue weighted by Gasteiger charge is -2.16. The fraction of sp³-hybridized carbons (Fsp3) is 1.00. The maximum atomic E-state index is 11.5. The van der Waals surface area contributed by atoms with Gasteiger partial charge in [-0.25, -0.2) is 13.0 Å². The van der Waals surface area contributed by atoms with Crippen LogP contribution in [0.3, 0.4) is 0 Å². The SMILES string of the molecule is O=S(O)OC(C(F)F)C(F)(F)F. The summed E-state index contributed by atoms with van der Waals surface area (Å²) in [6.07, 6.45) is -12.8. The Kier molecular flexibility index (Phi) is 4.00. The summed E-state index contributed by atoms with van der Waals surface area (Å²) in [5, 5.41) is 0. The zero-order chi connectivity index (χ0) is 9.94. The van der Waals surface area contributed by atoms with Gasteiger partial charge in [-0.3, -0.25) is 4.55 Å². The van der Waals surface area contributed by atoms with Gasteiger partial charge in [0.15, 0.2) is 0 Å². The van der Waals surface area contributed by atoms with Crippen LogP contribution in [0, 0.1) is 0 Å². The van der Waals surface area contributed by atoms with Crippen LogP contribution in [-0.2, 0) is 15.5 Å². The predicted molar refractivity (Wildman–Crippen MR) is 27.7 cm³/mol. The minimum Gasteiger partial charge on any atom is -0.284 e. The summed E-state index contributed by atoms with van der Waals surface area (Å²) >= 11 is -3.36. The fourth-order valence-corrected chi connectivity index (χ4v) is 0.699. The van der Waals surface area contributed by atoms with Gasteiger partial charge in [0.1, 0.15) is 0 Å². The summed E-state index contributed by atoms with van der Waals surface area (Å²) in [4.78, 5) is 0. The molecule has 0 aliphatic rings. The second kappa shape index (κ2) is 4.10. The number of alkyl halides is 5. The summed E-state index contributed by atoms with van der Waals surface area (Å²) in [6.45, 7) is 0. The summed E-state index contributed by atoms with van der Waals surface area (Å²) < 4.78 is 77.8. The third-order valence-electron chi connectivity index (χ3n) is 0.737. The number of halogens is 5. The Morgan fingerprint density at radius 2 is 1.75 bits per heavy atom. The van der Waals surface area contributed by atoms with Crippen molar-refractivity contribution < 1.29 is 34.9 Å². The predicted octanol–water partition coefficient (Wildman–Crippen LogP) is 1.34. The van der Waals surface area contributed by atoms with Crippen LogP contribution in [0.15, 0.2) is 0 Å². The standard InChI is InChI=1S/C3H3F5O3S/c4-2(5)1(3(6,7)8)11-12(9)10/h1-2H,(H,9,10). The van der Waals surface area contributed by atoms with E-state index in [1.807, 2.05) is 0 Å². The Bertz CT molecular complexity index is 168. The van der Waals surface area contributed by atoms with Gasteiger partial charge in [-0.1, -0.05) is 0 Å². The molecule has 0 amide bonds. The molecular formula is C3H3F5O3S. The lowest BCUT2D eigenvalue weighted by molar-refractivity contribution is -0.226. The van der Waals surface area contributed by atoms with Gasteiger partial charge in [0.25, 0.3) is 6.43 Å². The number of hydrogen-bond acceptors (Lipinski definition) is 2. The molecule has 3 nitrogen and oxygen atoms in total. The van der Waals surface area contributed by atoms with Crippen molar-refractivity contribution in [3.63, 3.8) is 0 Å². The maximum Gasteiger partial charge on any atom is 0.421 e. The Morgan fingerprint density at radius 1 is 1.33 bits per heavy atom. The highest BCUT2D eigenvalue weighted by molar-refractivity contribution is 7.74. The molecule has 2 atom stereocenters. The van der Waals surface area contributed by atoms with E-state index in [9.17, 15) is 26.2 Å². The molecule has 0 aromatic rings. The molecule has 12 heavy (non-hydrogen) atoms. The van der Waals surface area contributed by atoms with Crippen LogP contribution in [0.5, 0.6) is 0 Å². The lowest BCUT2D eigenvalue weighted by Crippen LogP contribution is -2.38. The Morgan fingerprint density at radius 3 is 1.83 bits per heavy atom. The maximum absolute atomic E-state index is 11.5. The zero-order valence-corrected chi connectivity index (χ0v) is 6.03. The molecule has 0 saturated carbocycles. The van der Waals surface area contributed by atoms with Gasteiger partial charge in [-0.05, 0) is 0 Å². The van der Waals surface area contributed by atoms with Crippen molar-refractivity contribution in [2.45, 2.75) is 18.7 Å². The van der Waals surface area contributed by atoms with Crippen molar-refractivity contribution in [2.75, 3.05) is 0 Å². The summed E-state index contributed by atoms with van der Waals surface area (Å²) in [7, 11) is 0. The fourth-order valence-electron chi connectivity index (χ4n) is 0.328. The van der Waals surface area contributed by atoms with Gasteiger partial charge in [-0.15, -0.1) is 0 Å². The molecule has 0 aromatic carbocycles. The van der Waals surface area contributed by atoms with E-state index in [-0.39, 0.29) is 0 Å². The highest BCUT2D eigenvalue weighted by Gasteiger charge is 2.48. The van der Waals surface area contributed by atoms with E-state index in [1.165, 1.54) is 0 Å². The molecule has 0 fully saturated rings. The van der Waals surface area contributed by atoms with Crippen molar-refractivity contribution in [2.24, 2.45) is 0 Å². The van der Waals surface area contributed by atoms with E-state index in [0.29, 0.717) is 0 Å². The number of hydrogen-bond donors (Lipinski definition) is 1. The first kappa shape index (κ1) is 11.7. The highest BCUT2D eigenvalue weighted by Crippen LogP contribution is 2.27. The Labute approximate surface area is 66.0 Å². The average molecular weight is 214 g/mol. The molecule has 74 valence electrons. The molecule has 0 saturated heterocycles. The van der Waals surface area contributed by atoms with Crippen LogP contribution in [0.2, 0.25) is 0 Å². The van der Waals surface area contributed by atoms with E-state index >= 15 is 0 Å². The van der Waals surface area contributed by atoms with E-state index in [0.717, 1.165) is 0 Å². The Balaban J connectivity index is 4.35. The minimum atomic E-state index is -5.35. The molecule has 0 aliphatic heterocycles. The van der Waals surface area contributed by atoms with Crippen molar-refractivity contribution >= 4 is 11.4 Å².